The maximum atomic E-state index is 13.8. The zero-order chi connectivity index (χ0) is 18.7. The van der Waals surface area contributed by atoms with Gasteiger partial charge in [0.15, 0.2) is 0 Å². The van der Waals surface area contributed by atoms with Crippen LogP contribution < -0.4 is 5.32 Å². The van der Waals surface area contributed by atoms with Gasteiger partial charge in [0.2, 0.25) is 5.91 Å². The van der Waals surface area contributed by atoms with Gasteiger partial charge in [-0.3, -0.25) is 4.79 Å². The summed E-state index contributed by atoms with van der Waals surface area (Å²) in [5.41, 5.74) is -0.101. The quantitative estimate of drug-likeness (QED) is 0.622. The van der Waals surface area contributed by atoms with E-state index in [1.807, 2.05) is 24.3 Å². The number of benzene rings is 2. The zero-order valence-electron chi connectivity index (χ0n) is 13.2. The zero-order valence-corrected chi connectivity index (χ0v) is 14.7. The predicted molar refractivity (Wildman–Crippen MR) is 98.7 cm³/mol. The van der Waals surface area contributed by atoms with Crippen LogP contribution >= 0.6 is 22.9 Å². The van der Waals surface area contributed by atoms with E-state index in [4.69, 9.17) is 11.6 Å². The van der Waals surface area contributed by atoms with Gasteiger partial charge in [-0.15, -0.1) is 11.3 Å². The fraction of sp³-hybridized carbons (Fsp3) is 0.0526. The summed E-state index contributed by atoms with van der Waals surface area (Å²) in [5, 5.41) is 13.0. The molecule has 0 radical (unpaired) electrons. The molecule has 7 heteroatoms. The molecule has 3 aromatic rings. The third-order valence-electron chi connectivity index (χ3n) is 3.64. The van der Waals surface area contributed by atoms with Gasteiger partial charge in [0.1, 0.15) is 17.7 Å². The summed E-state index contributed by atoms with van der Waals surface area (Å²) in [7, 11) is 0. The lowest BCUT2D eigenvalue weighted by Gasteiger charge is -2.11. The Hall–Kier alpha value is -2.75. The number of carbonyl (C=O) groups excluding carboxylic acids is 1. The standard InChI is InChI=1S/C19H11ClF2N2OS/c20-19-13-3-1-2-4-16(13)26-17(19)7-8-18(25)24-15(10-23)12-6-5-11(21)9-14(12)22/h1-9,15H,(H,24,25)/b8-7+. The Bertz CT molecular complexity index is 1060. The van der Waals surface area contributed by atoms with E-state index in [0.29, 0.717) is 16.0 Å². The van der Waals surface area contributed by atoms with Gasteiger partial charge in [0, 0.05) is 32.7 Å². The molecule has 1 atom stereocenters. The second kappa shape index (κ2) is 7.65. The molecular weight excluding hydrogens is 378 g/mol. The van der Waals surface area contributed by atoms with Crippen molar-refractivity contribution in [2.75, 3.05) is 0 Å². The lowest BCUT2D eigenvalue weighted by atomic mass is 10.1. The third-order valence-corrected chi connectivity index (χ3v) is 5.29. The van der Waals surface area contributed by atoms with E-state index >= 15 is 0 Å². The minimum Gasteiger partial charge on any atom is -0.333 e. The Morgan fingerprint density at radius 1 is 1.27 bits per heavy atom. The minimum absolute atomic E-state index is 0.101. The van der Waals surface area contributed by atoms with Gasteiger partial charge in [-0.2, -0.15) is 5.26 Å². The van der Waals surface area contributed by atoms with Crippen LogP contribution in [0, 0.1) is 23.0 Å². The Balaban J connectivity index is 1.77. The van der Waals surface area contributed by atoms with Crippen LogP contribution in [-0.4, -0.2) is 5.91 Å². The number of rotatable bonds is 4. The molecule has 0 saturated carbocycles. The van der Waals surface area contributed by atoms with E-state index in [1.54, 1.807) is 6.07 Å². The molecular formula is C19H11ClF2N2OS. The van der Waals surface area contributed by atoms with E-state index in [1.165, 1.54) is 23.5 Å². The number of fused-ring (bicyclic) bond motifs is 1. The largest absolute Gasteiger partial charge is 0.333 e. The SMILES string of the molecule is N#CC(NC(=O)/C=C/c1sc2ccccc2c1Cl)c1ccc(F)cc1F. The van der Waals surface area contributed by atoms with E-state index in [9.17, 15) is 18.8 Å². The molecule has 1 aromatic heterocycles. The summed E-state index contributed by atoms with van der Waals surface area (Å²) in [4.78, 5) is 12.8. The Labute approximate surface area is 157 Å². The summed E-state index contributed by atoms with van der Waals surface area (Å²) in [6.45, 7) is 0. The molecule has 0 spiro atoms. The van der Waals surface area contributed by atoms with Crippen LogP contribution in [0.25, 0.3) is 16.2 Å². The number of thiophene rings is 1. The number of amides is 1. The van der Waals surface area contributed by atoms with Crippen LogP contribution in [0.5, 0.6) is 0 Å². The summed E-state index contributed by atoms with van der Waals surface area (Å²) < 4.78 is 27.7. The molecule has 26 heavy (non-hydrogen) atoms. The molecule has 0 bridgehead atoms. The highest BCUT2D eigenvalue weighted by Gasteiger charge is 2.17. The number of nitrogens with zero attached hydrogens (tertiary/aromatic N) is 1. The normalized spacial score (nSPS) is 12.2. The summed E-state index contributed by atoms with van der Waals surface area (Å²) >= 11 is 7.72. The molecule has 1 heterocycles. The lowest BCUT2D eigenvalue weighted by Crippen LogP contribution is -2.26. The first kappa shape index (κ1) is 18.1. The highest BCUT2D eigenvalue weighted by Crippen LogP contribution is 2.35. The van der Waals surface area contributed by atoms with Crippen molar-refractivity contribution in [1.29, 1.82) is 5.26 Å². The second-order valence-corrected chi connectivity index (χ2v) is 6.81. The smallest absolute Gasteiger partial charge is 0.245 e. The van der Waals surface area contributed by atoms with Crippen LogP contribution in [-0.2, 0) is 4.79 Å². The number of hydrogen-bond donors (Lipinski definition) is 1. The first-order chi connectivity index (χ1) is 12.5. The van der Waals surface area contributed by atoms with Gasteiger partial charge in [-0.05, 0) is 18.2 Å². The van der Waals surface area contributed by atoms with Crippen LogP contribution in [0.1, 0.15) is 16.5 Å². The molecule has 0 aliphatic carbocycles. The van der Waals surface area contributed by atoms with Crippen molar-refractivity contribution in [2.24, 2.45) is 0 Å². The van der Waals surface area contributed by atoms with E-state index < -0.39 is 23.6 Å². The Morgan fingerprint density at radius 3 is 2.73 bits per heavy atom. The summed E-state index contributed by atoms with van der Waals surface area (Å²) in [6.07, 6.45) is 2.76. The molecule has 2 aromatic carbocycles. The molecule has 1 unspecified atom stereocenters. The molecule has 3 rings (SSSR count). The average molecular weight is 389 g/mol. The lowest BCUT2D eigenvalue weighted by molar-refractivity contribution is -0.116. The minimum atomic E-state index is -1.23. The number of hydrogen-bond acceptors (Lipinski definition) is 3. The van der Waals surface area contributed by atoms with E-state index in [-0.39, 0.29) is 5.56 Å². The van der Waals surface area contributed by atoms with Crippen molar-refractivity contribution in [1.82, 2.24) is 5.32 Å². The topological polar surface area (TPSA) is 52.9 Å². The highest BCUT2D eigenvalue weighted by atomic mass is 35.5. The van der Waals surface area contributed by atoms with Crippen LogP contribution in [0.15, 0.2) is 48.5 Å². The van der Waals surface area contributed by atoms with Crippen LogP contribution in [0.2, 0.25) is 5.02 Å². The monoisotopic (exact) mass is 388 g/mol. The Morgan fingerprint density at radius 2 is 2.04 bits per heavy atom. The van der Waals surface area contributed by atoms with E-state index in [2.05, 4.69) is 5.32 Å². The molecule has 0 aliphatic rings. The molecule has 0 aliphatic heterocycles. The fourth-order valence-electron chi connectivity index (χ4n) is 2.40. The first-order valence-corrected chi connectivity index (χ1v) is 8.69. The molecule has 0 saturated heterocycles. The highest BCUT2D eigenvalue weighted by molar-refractivity contribution is 7.20. The van der Waals surface area contributed by atoms with Crippen molar-refractivity contribution in [3.05, 3.63) is 75.6 Å². The number of nitrogens with one attached hydrogen (secondary N) is 1. The van der Waals surface area contributed by atoms with Crippen molar-refractivity contribution < 1.29 is 13.6 Å². The van der Waals surface area contributed by atoms with Gasteiger partial charge in [0.05, 0.1) is 11.1 Å². The van der Waals surface area contributed by atoms with Crippen molar-refractivity contribution in [3.63, 3.8) is 0 Å². The van der Waals surface area contributed by atoms with E-state index in [0.717, 1.165) is 22.2 Å². The molecule has 1 amide bonds. The second-order valence-electron chi connectivity index (χ2n) is 5.35. The van der Waals surface area contributed by atoms with Crippen LogP contribution in [0.3, 0.4) is 0 Å². The summed E-state index contributed by atoms with van der Waals surface area (Å²) in [5.74, 6) is -2.24. The van der Waals surface area contributed by atoms with Gasteiger partial charge in [-0.1, -0.05) is 35.9 Å². The number of carbonyl (C=O) groups is 1. The van der Waals surface area contributed by atoms with Gasteiger partial charge >= 0.3 is 0 Å². The van der Waals surface area contributed by atoms with Gasteiger partial charge < -0.3 is 5.32 Å². The van der Waals surface area contributed by atoms with Crippen molar-refractivity contribution >= 4 is 45.0 Å². The third kappa shape index (κ3) is 3.74. The van der Waals surface area contributed by atoms with Crippen molar-refractivity contribution in [2.45, 2.75) is 6.04 Å². The van der Waals surface area contributed by atoms with Gasteiger partial charge in [0.25, 0.3) is 0 Å². The first-order valence-electron chi connectivity index (χ1n) is 7.50. The molecule has 130 valence electrons. The van der Waals surface area contributed by atoms with Crippen LogP contribution in [0.4, 0.5) is 8.78 Å². The molecule has 1 N–H and O–H groups in total. The summed E-state index contributed by atoms with van der Waals surface area (Å²) in [6, 6.07) is 11.0. The fourth-order valence-corrected chi connectivity index (χ4v) is 3.80. The molecule has 0 fully saturated rings. The van der Waals surface area contributed by atoms with Crippen molar-refractivity contribution in [3.8, 4) is 6.07 Å². The Kier molecular flexibility index (Phi) is 5.31. The number of halogens is 3. The predicted octanol–water partition coefficient (Wildman–Crippen LogP) is 5.23. The molecule has 3 nitrogen and oxygen atoms in total. The average Bonchev–Trinajstić information content (AvgIpc) is 2.95. The number of nitriles is 1. The maximum Gasteiger partial charge on any atom is 0.245 e. The maximum absolute atomic E-state index is 13.8. The van der Waals surface area contributed by atoms with Gasteiger partial charge in [-0.25, -0.2) is 8.78 Å².